The van der Waals surface area contributed by atoms with E-state index in [1.165, 1.54) is 0 Å². The molecule has 0 aromatic heterocycles. The predicted molar refractivity (Wildman–Crippen MR) is 47.6 cm³/mol. The second-order valence-electron chi connectivity index (χ2n) is 2.22. The van der Waals surface area contributed by atoms with Gasteiger partial charge in [0.25, 0.3) is 0 Å². The first-order valence-corrected chi connectivity index (χ1v) is 3.59. The van der Waals surface area contributed by atoms with Crippen LogP contribution in [0.3, 0.4) is 0 Å². The molecule has 2 heteroatoms. The third kappa shape index (κ3) is 2.14. The number of ether oxygens (including phenoxy) is 1. The Morgan fingerprint density at radius 2 is 2.08 bits per heavy atom. The molecular weight excluding hydrogens is 150 g/mol. The topological polar surface area (TPSA) is 33.0 Å². The van der Waals surface area contributed by atoms with Gasteiger partial charge in [-0.3, -0.25) is 0 Å². The quantitative estimate of drug-likeness (QED) is 0.677. The molecule has 0 unspecified atom stereocenters. The second-order valence-corrected chi connectivity index (χ2v) is 2.22. The summed E-state index contributed by atoms with van der Waals surface area (Å²) < 4.78 is 5.06. The summed E-state index contributed by atoms with van der Waals surface area (Å²) in [6.45, 7) is 3.72. The molecule has 0 heterocycles. The molecule has 0 N–H and O–H groups in total. The van der Waals surface area contributed by atoms with Gasteiger partial charge in [0.15, 0.2) is 6.61 Å². The zero-order chi connectivity index (χ0) is 8.81. The van der Waals surface area contributed by atoms with Crippen molar-refractivity contribution in [3.05, 3.63) is 36.4 Å². The normalized spacial score (nSPS) is 8.58. The van der Waals surface area contributed by atoms with Crippen molar-refractivity contribution in [3.8, 4) is 11.8 Å². The largest absolute Gasteiger partial charge is 0.479 e. The van der Waals surface area contributed by atoms with Gasteiger partial charge in [-0.05, 0) is 17.7 Å². The van der Waals surface area contributed by atoms with Crippen molar-refractivity contribution >= 4 is 6.08 Å². The number of hydrogen-bond donors (Lipinski definition) is 0. The molecule has 2 nitrogen and oxygen atoms in total. The van der Waals surface area contributed by atoms with Crippen LogP contribution in [-0.4, -0.2) is 6.61 Å². The number of nitrogens with zero attached hydrogens (tertiary/aromatic N) is 1. The van der Waals surface area contributed by atoms with Crippen molar-refractivity contribution in [1.82, 2.24) is 0 Å². The summed E-state index contributed by atoms with van der Waals surface area (Å²) >= 11 is 0. The number of rotatable bonds is 3. The van der Waals surface area contributed by atoms with Crippen molar-refractivity contribution < 1.29 is 4.74 Å². The molecule has 0 aliphatic heterocycles. The minimum Gasteiger partial charge on any atom is -0.479 e. The first-order valence-electron chi connectivity index (χ1n) is 3.59. The van der Waals surface area contributed by atoms with Crippen LogP contribution in [-0.2, 0) is 0 Å². The molecule has 60 valence electrons. The van der Waals surface area contributed by atoms with Gasteiger partial charge in [-0.25, -0.2) is 0 Å². The lowest BCUT2D eigenvalue weighted by molar-refractivity contribution is 0.368. The molecule has 0 atom stereocenters. The molecule has 0 fully saturated rings. The van der Waals surface area contributed by atoms with E-state index in [0.29, 0.717) is 5.75 Å². The van der Waals surface area contributed by atoms with Gasteiger partial charge >= 0.3 is 0 Å². The average molecular weight is 159 g/mol. The van der Waals surface area contributed by atoms with Crippen LogP contribution in [0.25, 0.3) is 6.08 Å². The minimum absolute atomic E-state index is 0.0907. The third-order valence-corrected chi connectivity index (χ3v) is 1.42. The van der Waals surface area contributed by atoms with Gasteiger partial charge in [-0.15, -0.1) is 0 Å². The summed E-state index contributed by atoms with van der Waals surface area (Å²) in [6, 6.07) is 9.31. The van der Waals surface area contributed by atoms with E-state index in [9.17, 15) is 0 Å². The first-order chi connectivity index (χ1) is 5.86. The minimum atomic E-state index is 0.0907. The van der Waals surface area contributed by atoms with Crippen molar-refractivity contribution in [2.75, 3.05) is 6.61 Å². The zero-order valence-corrected chi connectivity index (χ0v) is 6.66. The van der Waals surface area contributed by atoms with Crippen LogP contribution in [0.2, 0.25) is 0 Å². The summed E-state index contributed by atoms with van der Waals surface area (Å²) in [6.07, 6.45) is 1.76. The maximum Gasteiger partial charge on any atom is 0.174 e. The van der Waals surface area contributed by atoms with Gasteiger partial charge in [0.05, 0.1) is 0 Å². The molecule has 0 saturated carbocycles. The fourth-order valence-corrected chi connectivity index (χ4v) is 0.816. The summed E-state index contributed by atoms with van der Waals surface area (Å²) in [7, 11) is 0. The molecule has 0 radical (unpaired) electrons. The fourth-order valence-electron chi connectivity index (χ4n) is 0.816. The van der Waals surface area contributed by atoms with Crippen LogP contribution in [0.5, 0.6) is 5.75 Å². The molecule has 0 saturated heterocycles. The van der Waals surface area contributed by atoms with Crippen LogP contribution in [0.1, 0.15) is 5.56 Å². The van der Waals surface area contributed by atoms with E-state index in [1.807, 2.05) is 30.3 Å². The van der Waals surface area contributed by atoms with Crippen LogP contribution >= 0.6 is 0 Å². The SMILES string of the molecule is C=Cc1ccc(OCC#N)cc1. The highest BCUT2D eigenvalue weighted by Crippen LogP contribution is 2.12. The molecule has 12 heavy (non-hydrogen) atoms. The number of benzene rings is 1. The maximum absolute atomic E-state index is 8.24. The van der Waals surface area contributed by atoms with Crippen molar-refractivity contribution in [2.24, 2.45) is 0 Å². The lowest BCUT2D eigenvalue weighted by Crippen LogP contribution is -1.92. The molecule has 1 aromatic carbocycles. The van der Waals surface area contributed by atoms with Gasteiger partial charge < -0.3 is 4.74 Å². The zero-order valence-electron chi connectivity index (χ0n) is 6.66. The van der Waals surface area contributed by atoms with Crippen LogP contribution in [0.4, 0.5) is 0 Å². The van der Waals surface area contributed by atoms with Crippen LogP contribution in [0.15, 0.2) is 30.8 Å². The Balaban J connectivity index is 2.66. The molecule has 0 aliphatic carbocycles. The van der Waals surface area contributed by atoms with Crippen molar-refractivity contribution in [1.29, 1.82) is 5.26 Å². The van der Waals surface area contributed by atoms with Gasteiger partial charge in [0, 0.05) is 0 Å². The van der Waals surface area contributed by atoms with Gasteiger partial charge in [0.2, 0.25) is 0 Å². The van der Waals surface area contributed by atoms with Crippen molar-refractivity contribution in [2.45, 2.75) is 0 Å². The lowest BCUT2D eigenvalue weighted by atomic mass is 10.2. The van der Waals surface area contributed by atoms with Crippen LogP contribution < -0.4 is 4.74 Å². The standard InChI is InChI=1S/C10H9NO/c1-2-9-3-5-10(6-4-9)12-8-7-11/h2-6H,1,8H2. The van der Waals surface area contributed by atoms with Gasteiger partial charge in [0.1, 0.15) is 11.8 Å². The fraction of sp³-hybridized carbons (Fsp3) is 0.100. The second kappa shape index (κ2) is 4.20. The third-order valence-electron chi connectivity index (χ3n) is 1.42. The Morgan fingerprint density at radius 1 is 1.42 bits per heavy atom. The Bertz CT molecular complexity index is 295. The van der Waals surface area contributed by atoms with Crippen molar-refractivity contribution in [3.63, 3.8) is 0 Å². The molecule has 0 aliphatic rings. The molecule has 0 amide bonds. The summed E-state index contributed by atoms with van der Waals surface area (Å²) in [5, 5.41) is 8.24. The Kier molecular flexibility index (Phi) is 2.92. The Morgan fingerprint density at radius 3 is 2.58 bits per heavy atom. The molecule has 1 rings (SSSR count). The summed E-state index contributed by atoms with van der Waals surface area (Å²) in [4.78, 5) is 0. The Hall–Kier alpha value is -1.75. The van der Waals surface area contributed by atoms with E-state index in [4.69, 9.17) is 10.00 Å². The summed E-state index contributed by atoms with van der Waals surface area (Å²) in [5.41, 5.74) is 1.04. The van der Waals surface area contributed by atoms with Gasteiger partial charge in [-0.2, -0.15) is 5.26 Å². The smallest absolute Gasteiger partial charge is 0.174 e. The molecule has 0 bridgehead atoms. The molecular formula is C10H9NO. The highest BCUT2D eigenvalue weighted by molar-refractivity contribution is 5.48. The summed E-state index contributed by atoms with van der Waals surface area (Å²) in [5.74, 6) is 0.710. The first kappa shape index (κ1) is 8.35. The lowest BCUT2D eigenvalue weighted by Gasteiger charge is -2.00. The highest BCUT2D eigenvalue weighted by Gasteiger charge is 1.90. The number of hydrogen-bond acceptors (Lipinski definition) is 2. The number of nitriles is 1. The highest BCUT2D eigenvalue weighted by atomic mass is 16.5. The molecule has 1 aromatic rings. The van der Waals surface area contributed by atoms with Crippen LogP contribution in [0, 0.1) is 11.3 Å². The average Bonchev–Trinajstić information content (AvgIpc) is 2.15. The van der Waals surface area contributed by atoms with E-state index < -0.39 is 0 Å². The van der Waals surface area contributed by atoms with E-state index in [1.54, 1.807) is 6.08 Å². The Labute approximate surface area is 71.7 Å². The monoisotopic (exact) mass is 159 g/mol. The van der Waals surface area contributed by atoms with E-state index >= 15 is 0 Å². The maximum atomic E-state index is 8.24. The van der Waals surface area contributed by atoms with E-state index in [2.05, 4.69) is 6.58 Å². The van der Waals surface area contributed by atoms with E-state index in [0.717, 1.165) is 5.56 Å². The molecule has 0 spiro atoms. The van der Waals surface area contributed by atoms with Gasteiger partial charge in [-0.1, -0.05) is 24.8 Å². The van der Waals surface area contributed by atoms with E-state index in [-0.39, 0.29) is 6.61 Å². The predicted octanol–water partition coefficient (Wildman–Crippen LogP) is 2.23.